The van der Waals surface area contributed by atoms with E-state index in [0.29, 0.717) is 0 Å². The molecule has 15 heavy (non-hydrogen) atoms. The minimum atomic E-state index is 0.801. The molecule has 0 spiro atoms. The maximum atomic E-state index is 4.24. The summed E-state index contributed by atoms with van der Waals surface area (Å²) in [5.74, 6) is 0. The highest BCUT2D eigenvalue weighted by atomic mass is 32.2. The summed E-state index contributed by atoms with van der Waals surface area (Å²) in [7, 11) is 0. The van der Waals surface area contributed by atoms with Crippen molar-refractivity contribution >= 4 is 28.8 Å². The van der Waals surface area contributed by atoms with Crippen LogP contribution in [0.1, 0.15) is 5.01 Å². The molecule has 0 atom stereocenters. The third kappa shape index (κ3) is 2.73. The van der Waals surface area contributed by atoms with E-state index in [1.807, 2.05) is 17.6 Å². The van der Waals surface area contributed by atoms with E-state index in [-0.39, 0.29) is 0 Å². The van der Waals surface area contributed by atoms with Crippen molar-refractivity contribution < 1.29 is 0 Å². The summed E-state index contributed by atoms with van der Waals surface area (Å²) < 4.78 is 0. The summed E-state index contributed by atoms with van der Waals surface area (Å²) in [4.78, 5) is 5.51. The summed E-state index contributed by atoms with van der Waals surface area (Å²) in [5.41, 5.74) is 1.18. The standard InChI is InChI=1S/C11H12N2S2/c1-14-10-5-3-2-4-9(10)13-8-11-12-6-7-15-11/h2-7,13H,8H2,1H3. The Morgan fingerprint density at radius 1 is 1.40 bits per heavy atom. The number of aromatic nitrogens is 1. The maximum absolute atomic E-state index is 4.24. The fourth-order valence-corrected chi connectivity index (χ4v) is 2.43. The second-order valence-electron chi connectivity index (χ2n) is 2.98. The summed E-state index contributed by atoms with van der Waals surface area (Å²) in [6.45, 7) is 0.801. The predicted octanol–water partition coefficient (Wildman–Crippen LogP) is 3.48. The highest BCUT2D eigenvalue weighted by Crippen LogP contribution is 2.25. The molecule has 0 unspecified atom stereocenters. The average molecular weight is 236 g/mol. The van der Waals surface area contributed by atoms with Gasteiger partial charge < -0.3 is 5.32 Å². The van der Waals surface area contributed by atoms with Crippen molar-refractivity contribution in [3.63, 3.8) is 0 Å². The summed E-state index contributed by atoms with van der Waals surface area (Å²) in [6, 6.07) is 8.32. The monoisotopic (exact) mass is 236 g/mol. The lowest BCUT2D eigenvalue weighted by Crippen LogP contribution is -1.99. The Morgan fingerprint density at radius 3 is 3.00 bits per heavy atom. The number of anilines is 1. The molecule has 78 valence electrons. The molecular formula is C11H12N2S2. The SMILES string of the molecule is CSc1ccccc1NCc1nccs1. The number of thioether (sulfide) groups is 1. The van der Waals surface area contributed by atoms with Crippen molar-refractivity contribution in [1.82, 2.24) is 4.98 Å². The molecular weight excluding hydrogens is 224 g/mol. The molecule has 1 heterocycles. The largest absolute Gasteiger partial charge is 0.378 e. The molecule has 1 aromatic heterocycles. The number of hydrogen-bond acceptors (Lipinski definition) is 4. The highest BCUT2D eigenvalue weighted by molar-refractivity contribution is 7.98. The zero-order valence-corrected chi connectivity index (χ0v) is 10.1. The molecule has 0 bridgehead atoms. The van der Waals surface area contributed by atoms with Gasteiger partial charge in [-0.1, -0.05) is 12.1 Å². The van der Waals surface area contributed by atoms with E-state index < -0.39 is 0 Å². The van der Waals surface area contributed by atoms with Crippen LogP contribution in [-0.4, -0.2) is 11.2 Å². The first kappa shape index (κ1) is 10.5. The van der Waals surface area contributed by atoms with Gasteiger partial charge in [0.25, 0.3) is 0 Å². The van der Waals surface area contributed by atoms with E-state index in [1.165, 1.54) is 10.6 Å². The van der Waals surface area contributed by atoms with Crippen molar-refractivity contribution in [3.05, 3.63) is 40.8 Å². The molecule has 4 heteroatoms. The van der Waals surface area contributed by atoms with Gasteiger partial charge in [-0.3, -0.25) is 0 Å². The van der Waals surface area contributed by atoms with Crippen molar-refractivity contribution in [2.24, 2.45) is 0 Å². The molecule has 0 aliphatic heterocycles. The first-order chi connectivity index (χ1) is 7.40. The van der Waals surface area contributed by atoms with Gasteiger partial charge in [0, 0.05) is 22.2 Å². The molecule has 1 N–H and O–H groups in total. The Bertz CT molecular complexity index is 412. The van der Waals surface area contributed by atoms with Crippen LogP contribution >= 0.6 is 23.1 Å². The summed E-state index contributed by atoms with van der Waals surface area (Å²) in [5, 5.41) is 6.51. The van der Waals surface area contributed by atoms with Crippen LogP contribution in [0, 0.1) is 0 Å². The Kier molecular flexibility index (Phi) is 3.64. The van der Waals surface area contributed by atoms with Gasteiger partial charge in [0.05, 0.1) is 6.54 Å². The molecule has 0 fully saturated rings. The molecule has 2 rings (SSSR count). The van der Waals surface area contributed by atoms with E-state index in [1.54, 1.807) is 23.1 Å². The molecule has 0 aliphatic carbocycles. The highest BCUT2D eigenvalue weighted by Gasteiger charge is 2.00. The first-order valence-electron chi connectivity index (χ1n) is 4.65. The van der Waals surface area contributed by atoms with Gasteiger partial charge in [0.2, 0.25) is 0 Å². The molecule has 2 nitrogen and oxygen atoms in total. The smallest absolute Gasteiger partial charge is 0.112 e. The van der Waals surface area contributed by atoms with Crippen molar-refractivity contribution in [2.75, 3.05) is 11.6 Å². The lowest BCUT2D eigenvalue weighted by atomic mass is 10.3. The van der Waals surface area contributed by atoms with Gasteiger partial charge >= 0.3 is 0 Å². The third-order valence-electron chi connectivity index (χ3n) is 2.02. The molecule has 0 saturated carbocycles. The summed E-state index contributed by atoms with van der Waals surface area (Å²) in [6.07, 6.45) is 3.92. The Balaban J connectivity index is 2.04. The molecule has 2 aromatic rings. The van der Waals surface area contributed by atoms with Gasteiger partial charge in [-0.05, 0) is 18.4 Å². The van der Waals surface area contributed by atoms with Crippen LogP contribution in [-0.2, 0) is 6.54 Å². The van der Waals surface area contributed by atoms with Crippen LogP contribution in [0.15, 0.2) is 40.7 Å². The van der Waals surface area contributed by atoms with Crippen LogP contribution in [0.5, 0.6) is 0 Å². The fourth-order valence-electron chi connectivity index (χ4n) is 1.30. The van der Waals surface area contributed by atoms with Gasteiger partial charge in [0.1, 0.15) is 5.01 Å². The quantitative estimate of drug-likeness (QED) is 0.823. The van der Waals surface area contributed by atoms with Crippen LogP contribution < -0.4 is 5.32 Å². The molecule has 0 saturated heterocycles. The first-order valence-corrected chi connectivity index (χ1v) is 6.76. The van der Waals surface area contributed by atoms with Crippen molar-refractivity contribution in [2.45, 2.75) is 11.4 Å². The maximum Gasteiger partial charge on any atom is 0.112 e. The topological polar surface area (TPSA) is 24.9 Å². The van der Waals surface area contributed by atoms with Gasteiger partial charge in [-0.25, -0.2) is 4.98 Å². The number of nitrogens with one attached hydrogen (secondary N) is 1. The van der Waals surface area contributed by atoms with Gasteiger partial charge in [-0.2, -0.15) is 0 Å². The van der Waals surface area contributed by atoms with E-state index in [4.69, 9.17) is 0 Å². The minimum Gasteiger partial charge on any atom is -0.378 e. The van der Waals surface area contributed by atoms with E-state index in [9.17, 15) is 0 Å². The Morgan fingerprint density at radius 2 is 2.27 bits per heavy atom. The predicted molar refractivity (Wildman–Crippen MR) is 67.7 cm³/mol. The van der Waals surface area contributed by atoms with E-state index in [2.05, 4.69) is 34.8 Å². The lowest BCUT2D eigenvalue weighted by Gasteiger charge is -2.08. The lowest BCUT2D eigenvalue weighted by molar-refractivity contribution is 1.09. The second kappa shape index (κ2) is 5.19. The molecule has 1 aromatic carbocycles. The number of nitrogens with zero attached hydrogens (tertiary/aromatic N) is 1. The molecule has 0 radical (unpaired) electrons. The van der Waals surface area contributed by atoms with Crippen LogP contribution in [0.2, 0.25) is 0 Å². The number of hydrogen-bond donors (Lipinski definition) is 1. The van der Waals surface area contributed by atoms with E-state index >= 15 is 0 Å². The third-order valence-corrected chi connectivity index (χ3v) is 3.60. The zero-order valence-electron chi connectivity index (χ0n) is 8.43. The number of thiazole rings is 1. The fraction of sp³-hybridized carbons (Fsp3) is 0.182. The molecule has 0 aliphatic rings. The van der Waals surface area contributed by atoms with Crippen LogP contribution in [0.25, 0.3) is 0 Å². The number of para-hydroxylation sites is 1. The Labute approximate surface area is 97.8 Å². The average Bonchev–Trinajstić information content (AvgIpc) is 2.79. The zero-order chi connectivity index (χ0) is 10.5. The van der Waals surface area contributed by atoms with Crippen molar-refractivity contribution in [3.8, 4) is 0 Å². The van der Waals surface area contributed by atoms with Gasteiger partial charge in [-0.15, -0.1) is 23.1 Å². The number of rotatable bonds is 4. The van der Waals surface area contributed by atoms with Gasteiger partial charge in [0.15, 0.2) is 0 Å². The summed E-state index contributed by atoms with van der Waals surface area (Å²) >= 11 is 3.43. The second-order valence-corrected chi connectivity index (χ2v) is 4.81. The van der Waals surface area contributed by atoms with Crippen molar-refractivity contribution in [1.29, 1.82) is 0 Å². The minimum absolute atomic E-state index is 0.801. The van der Waals surface area contributed by atoms with E-state index in [0.717, 1.165) is 11.6 Å². The molecule has 0 amide bonds. The number of benzene rings is 1. The normalized spacial score (nSPS) is 10.2. The Hall–Kier alpha value is -1.00. The van der Waals surface area contributed by atoms with Crippen LogP contribution in [0.4, 0.5) is 5.69 Å². The van der Waals surface area contributed by atoms with Crippen LogP contribution in [0.3, 0.4) is 0 Å².